The smallest absolute Gasteiger partial charge is 0.231 e. The van der Waals surface area contributed by atoms with E-state index in [1.54, 1.807) is 0 Å². The van der Waals surface area contributed by atoms with Crippen molar-refractivity contribution in [1.82, 2.24) is 0 Å². The molecule has 0 unspecified atom stereocenters. The zero-order valence-electron chi connectivity index (χ0n) is 18.6. The Labute approximate surface area is 189 Å². The SMILES string of the molecule is O=C(CCc1ccc2c(c1)OCO2)c1ccc(CC(=O)C2CC2)cc1N1CCCCCC1. The van der Waals surface area contributed by atoms with Crippen LogP contribution in [0.15, 0.2) is 36.4 Å². The molecule has 0 amide bonds. The van der Waals surface area contributed by atoms with Gasteiger partial charge in [0.15, 0.2) is 17.3 Å². The molecular weight excluding hydrogens is 402 g/mol. The zero-order valence-corrected chi connectivity index (χ0v) is 18.6. The molecule has 2 aromatic carbocycles. The topological polar surface area (TPSA) is 55.8 Å². The Kier molecular flexibility index (Phi) is 6.15. The van der Waals surface area contributed by atoms with E-state index in [1.807, 2.05) is 30.3 Å². The van der Waals surface area contributed by atoms with Crippen molar-refractivity contribution in [1.29, 1.82) is 0 Å². The van der Waals surface area contributed by atoms with Crippen LogP contribution in [-0.4, -0.2) is 31.4 Å². The van der Waals surface area contributed by atoms with Crippen LogP contribution in [-0.2, 0) is 17.6 Å². The van der Waals surface area contributed by atoms with Gasteiger partial charge in [0.05, 0.1) is 0 Å². The fourth-order valence-corrected chi connectivity index (χ4v) is 4.74. The number of benzene rings is 2. The highest BCUT2D eigenvalue weighted by Crippen LogP contribution is 2.34. The van der Waals surface area contributed by atoms with E-state index in [4.69, 9.17) is 9.47 Å². The number of anilines is 1. The van der Waals surface area contributed by atoms with Crippen molar-refractivity contribution >= 4 is 17.3 Å². The molecule has 2 aromatic rings. The summed E-state index contributed by atoms with van der Waals surface area (Å²) in [5, 5.41) is 0. The van der Waals surface area contributed by atoms with E-state index in [2.05, 4.69) is 11.0 Å². The summed E-state index contributed by atoms with van der Waals surface area (Å²) in [6.07, 6.45) is 8.44. The third kappa shape index (κ3) is 4.82. The molecule has 0 aromatic heterocycles. The maximum absolute atomic E-state index is 13.3. The van der Waals surface area contributed by atoms with E-state index < -0.39 is 0 Å². The number of carbonyl (C=O) groups is 2. The van der Waals surface area contributed by atoms with Crippen LogP contribution in [0.25, 0.3) is 0 Å². The second-order valence-electron chi connectivity index (χ2n) is 9.28. The van der Waals surface area contributed by atoms with Crippen LogP contribution in [0.2, 0.25) is 0 Å². The fraction of sp³-hybridized carbons (Fsp3) is 0.481. The van der Waals surface area contributed by atoms with Crippen molar-refractivity contribution < 1.29 is 19.1 Å². The summed E-state index contributed by atoms with van der Waals surface area (Å²) in [5.41, 5.74) is 3.91. The van der Waals surface area contributed by atoms with Gasteiger partial charge < -0.3 is 14.4 Å². The van der Waals surface area contributed by atoms with Gasteiger partial charge in [0.1, 0.15) is 5.78 Å². The molecule has 2 heterocycles. The minimum Gasteiger partial charge on any atom is -0.454 e. The molecule has 1 saturated carbocycles. The van der Waals surface area contributed by atoms with Gasteiger partial charge >= 0.3 is 0 Å². The van der Waals surface area contributed by atoms with E-state index in [1.165, 1.54) is 12.8 Å². The number of Topliss-reactive ketones (excluding diaryl/α,β-unsaturated/α-hetero) is 2. The first-order valence-electron chi connectivity index (χ1n) is 12.0. The predicted molar refractivity (Wildman–Crippen MR) is 124 cm³/mol. The number of hydrogen-bond acceptors (Lipinski definition) is 5. The Hall–Kier alpha value is -2.82. The molecule has 3 aliphatic rings. The number of nitrogens with zero attached hydrogens (tertiary/aromatic N) is 1. The van der Waals surface area contributed by atoms with E-state index in [9.17, 15) is 9.59 Å². The molecule has 5 rings (SSSR count). The number of aryl methyl sites for hydroxylation is 1. The first-order valence-corrected chi connectivity index (χ1v) is 12.0. The number of carbonyl (C=O) groups excluding carboxylic acids is 2. The van der Waals surface area contributed by atoms with Crippen molar-refractivity contribution in [3.8, 4) is 11.5 Å². The van der Waals surface area contributed by atoms with Crippen LogP contribution < -0.4 is 14.4 Å². The highest BCUT2D eigenvalue weighted by Gasteiger charge is 2.29. The Balaban J connectivity index is 1.34. The maximum atomic E-state index is 13.3. The normalized spacial score (nSPS) is 17.8. The molecule has 1 saturated heterocycles. The molecule has 168 valence electrons. The van der Waals surface area contributed by atoms with Gasteiger partial charge in [0, 0.05) is 43.1 Å². The first-order chi connectivity index (χ1) is 15.7. The summed E-state index contributed by atoms with van der Waals surface area (Å²) < 4.78 is 10.8. The van der Waals surface area contributed by atoms with Gasteiger partial charge in [0.2, 0.25) is 6.79 Å². The minimum atomic E-state index is 0.155. The highest BCUT2D eigenvalue weighted by atomic mass is 16.7. The standard InChI is InChI=1S/C27H31NO4/c29-24(11-6-19-7-12-26-27(17-19)32-18-31-26)22-10-5-20(16-25(30)21-8-9-21)15-23(22)28-13-3-1-2-4-14-28/h5,7,10,12,15,17,21H,1-4,6,8-9,11,13-14,16,18H2. The van der Waals surface area contributed by atoms with Gasteiger partial charge in [0.25, 0.3) is 0 Å². The van der Waals surface area contributed by atoms with Crippen molar-refractivity contribution in [2.45, 2.75) is 57.8 Å². The summed E-state index contributed by atoms with van der Waals surface area (Å²) in [5.74, 6) is 2.28. The summed E-state index contributed by atoms with van der Waals surface area (Å²) in [6, 6.07) is 11.9. The number of ether oxygens (including phenoxy) is 2. The second-order valence-corrected chi connectivity index (χ2v) is 9.28. The van der Waals surface area contributed by atoms with Crippen LogP contribution >= 0.6 is 0 Å². The summed E-state index contributed by atoms with van der Waals surface area (Å²) >= 11 is 0. The third-order valence-electron chi connectivity index (χ3n) is 6.80. The average molecular weight is 434 g/mol. The monoisotopic (exact) mass is 433 g/mol. The van der Waals surface area contributed by atoms with Gasteiger partial charge in [-0.15, -0.1) is 0 Å². The molecule has 0 N–H and O–H groups in total. The lowest BCUT2D eigenvalue weighted by Crippen LogP contribution is -2.26. The van der Waals surface area contributed by atoms with Gasteiger partial charge in [-0.2, -0.15) is 0 Å². The average Bonchev–Trinajstić information content (AvgIpc) is 3.60. The summed E-state index contributed by atoms with van der Waals surface area (Å²) in [4.78, 5) is 28.0. The van der Waals surface area contributed by atoms with E-state index in [0.717, 1.165) is 72.6 Å². The van der Waals surface area contributed by atoms with Crippen molar-refractivity contribution in [2.24, 2.45) is 5.92 Å². The Morgan fingerprint density at radius 1 is 0.875 bits per heavy atom. The molecule has 0 spiro atoms. The van der Waals surface area contributed by atoms with Gasteiger partial charge in [-0.05, 0) is 67.5 Å². The van der Waals surface area contributed by atoms with E-state index in [-0.39, 0.29) is 18.5 Å². The van der Waals surface area contributed by atoms with E-state index >= 15 is 0 Å². The molecule has 5 nitrogen and oxygen atoms in total. The minimum absolute atomic E-state index is 0.155. The lowest BCUT2D eigenvalue weighted by molar-refractivity contribution is -0.119. The first kappa shape index (κ1) is 21.0. The summed E-state index contributed by atoms with van der Waals surface area (Å²) in [7, 11) is 0. The predicted octanol–water partition coefficient (Wildman–Crippen LogP) is 5.13. The largest absolute Gasteiger partial charge is 0.454 e. The van der Waals surface area contributed by atoms with Crippen LogP contribution in [0.1, 0.15) is 66.4 Å². The molecule has 0 bridgehead atoms. The maximum Gasteiger partial charge on any atom is 0.231 e. The van der Waals surface area contributed by atoms with Crippen molar-refractivity contribution in [2.75, 3.05) is 24.8 Å². The zero-order chi connectivity index (χ0) is 21.9. The quantitative estimate of drug-likeness (QED) is 0.540. The van der Waals surface area contributed by atoms with Crippen molar-refractivity contribution in [3.63, 3.8) is 0 Å². The van der Waals surface area contributed by atoms with Gasteiger partial charge in [-0.25, -0.2) is 0 Å². The fourth-order valence-electron chi connectivity index (χ4n) is 4.74. The molecular formula is C27H31NO4. The number of fused-ring (bicyclic) bond motifs is 1. The number of hydrogen-bond donors (Lipinski definition) is 0. The third-order valence-corrected chi connectivity index (χ3v) is 6.80. The number of rotatable bonds is 8. The Morgan fingerprint density at radius 3 is 2.41 bits per heavy atom. The van der Waals surface area contributed by atoms with E-state index in [0.29, 0.717) is 25.0 Å². The van der Waals surface area contributed by atoms with Crippen molar-refractivity contribution in [3.05, 3.63) is 53.1 Å². The Morgan fingerprint density at radius 2 is 1.62 bits per heavy atom. The molecule has 2 aliphatic heterocycles. The molecule has 1 aliphatic carbocycles. The molecule has 32 heavy (non-hydrogen) atoms. The van der Waals surface area contributed by atoms with Crippen LogP contribution in [0.5, 0.6) is 11.5 Å². The lowest BCUT2D eigenvalue weighted by atomic mass is 9.97. The van der Waals surface area contributed by atoms with Crippen LogP contribution in [0.4, 0.5) is 5.69 Å². The Bertz CT molecular complexity index is 1000. The van der Waals surface area contributed by atoms with Crippen LogP contribution in [0, 0.1) is 5.92 Å². The summed E-state index contributed by atoms with van der Waals surface area (Å²) in [6.45, 7) is 2.21. The van der Waals surface area contributed by atoms with Gasteiger partial charge in [-0.3, -0.25) is 9.59 Å². The lowest BCUT2D eigenvalue weighted by Gasteiger charge is -2.26. The van der Waals surface area contributed by atoms with Crippen LogP contribution in [0.3, 0.4) is 0 Å². The highest BCUT2D eigenvalue weighted by molar-refractivity contribution is 6.02. The molecule has 5 heteroatoms. The second kappa shape index (κ2) is 9.35. The number of ketones is 2. The molecule has 0 radical (unpaired) electrons. The molecule has 0 atom stereocenters. The van der Waals surface area contributed by atoms with Gasteiger partial charge in [-0.1, -0.05) is 25.0 Å². The molecule has 2 fully saturated rings.